The third-order valence-corrected chi connectivity index (χ3v) is 1.36. The van der Waals surface area contributed by atoms with Crippen molar-refractivity contribution in [3.8, 4) is 0 Å². The molecule has 1 aromatic carbocycles. The first-order valence-corrected chi connectivity index (χ1v) is 3.18. The molecule has 0 aliphatic carbocycles. The van der Waals surface area contributed by atoms with E-state index in [-0.39, 0.29) is 54.7 Å². The summed E-state index contributed by atoms with van der Waals surface area (Å²) >= 11 is 0. The standard InChI is InChI=1S/C8H6O4.4H2O.Ti/c9-7(10)5-2-1-3-6(4-5)8(11)12;;;;;/h1-4H,(H,9,10)(H,11,12);4*1H2;. The molecule has 0 amide bonds. The first kappa shape index (κ1) is 29.6. The molecule has 1 rings (SSSR count). The third-order valence-electron chi connectivity index (χ3n) is 1.36. The van der Waals surface area contributed by atoms with Gasteiger partial charge in [-0.1, -0.05) is 6.07 Å². The summed E-state index contributed by atoms with van der Waals surface area (Å²) in [5.41, 5.74) is -0.0372. The van der Waals surface area contributed by atoms with Gasteiger partial charge in [0.15, 0.2) is 0 Å². The van der Waals surface area contributed by atoms with Crippen LogP contribution in [-0.2, 0) is 21.7 Å². The Hall–Kier alpha value is -1.29. The Morgan fingerprint density at radius 2 is 1.12 bits per heavy atom. The fraction of sp³-hybridized carbons (Fsp3) is 0. The Labute approximate surface area is 111 Å². The van der Waals surface area contributed by atoms with Gasteiger partial charge < -0.3 is 32.1 Å². The summed E-state index contributed by atoms with van der Waals surface area (Å²) in [7, 11) is 0. The Bertz CT molecular complexity index is 311. The molecule has 0 fully saturated rings. The molecular formula is C8H14O8Ti. The SMILES string of the molecule is O.O.O.O.O=C(O)c1cccc(C(=O)O)c1.[Ti]. The second-order valence-electron chi connectivity index (χ2n) is 2.19. The van der Waals surface area contributed by atoms with E-state index in [1.165, 1.54) is 18.2 Å². The Morgan fingerprint density at radius 3 is 1.35 bits per heavy atom. The Kier molecular flexibility index (Phi) is 22.3. The molecule has 0 aliphatic rings. The fourth-order valence-corrected chi connectivity index (χ4v) is 0.785. The second kappa shape index (κ2) is 12.8. The van der Waals surface area contributed by atoms with Crippen LogP contribution in [0.1, 0.15) is 20.7 Å². The molecule has 9 heteroatoms. The van der Waals surface area contributed by atoms with Crippen LogP contribution < -0.4 is 0 Å². The minimum Gasteiger partial charge on any atom is -0.478 e. The van der Waals surface area contributed by atoms with Crippen LogP contribution in [0.4, 0.5) is 0 Å². The minimum absolute atomic E-state index is 0. The van der Waals surface area contributed by atoms with E-state index in [0.717, 1.165) is 6.07 Å². The van der Waals surface area contributed by atoms with E-state index in [1.54, 1.807) is 0 Å². The molecule has 0 heterocycles. The van der Waals surface area contributed by atoms with Crippen molar-refractivity contribution in [3.05, 3.63) is 35.4 Å². The van der Waals surface area contributed by atoms with Crippen LogP contribution in [-0.4, -0.2) is 44.1 Å². The molecule has 0 saturated heterocycles. The summed E-state index contributed by atoms with van der Waals surface area (Å²) in [4.78, 5) is 20.8. The van der Waals surface area contributed by atoms with Gasteiger partial charge in [0.25, 0.3) is 0 Å². The van der Waals surface area contributed by atoms with Crippen molar-refractivity contribution in [2.24, 2.45) is 0 Å². The first-order chi connectivity index (χ1) is 5.61. The van der Waals surface area contributed by atoms with E-state index in [4.69, 9.17) is 10.2 Å². The second-order valence-corrected chi connectivity index (χ2v) is 2.19. The molecule has 1 aromatic rings. The fourth-order valence-electron chi connectivity index (χ4n) is 0.785. The van der Waals surface area contributed by atoms with Gasteiger partial charge in [-0.2, -0.15) is 0 Å². The summed E-state index contributed by atoms with van der Waals surface area (Å²) in [5.74, 6) is -2.25. The van der Waals surface area contributed by atoms with Crippen molar-refractivity contribution >= 4 is 11.9 Å². The van der Waals surface area contributed by atoms with Gasteiger partial charge in [0.1, 0.15) is 0 Å². The largest absolute Gasteiger partial charge is 0.478 e. The number of benzene rings is 1. The normalized spacial score (nSPS) is 6.59. The monoisotopic (exact) mass is 286 g/mol. The van der Waals surface area contributed by atoms with E-state index in [9.17, 15) is 9.59 Å². The summed E-state index contributed by atoms with van der Waals surface area (Å²) in [6, 6.07) is 5.20. The molecular weight excluding hydrogens is 272 g/mol. The van der Waals surface area contributed by atoms with Crippen molar-refractivity contribution in [2.45, 2.75) is 0 Å². The zero-order chi connectivity index (χ0) is 9.14. The molecule has 0 spiro atoms. The molecule has 8 nitrogen and oxygen atoms in total. The molecule has 0 aromatic heterocycles. The van der Waals surface area contributed by atoms with Crippen LogP contribution in [0.3, 0.4) is 0 Å². The predicted octanol–water partition coefficient (Wildman–Crippen LogP) is -2.22. The molecule has 10 N–H and O–H groups in total. The quantitative estimate of drug-likeness (QED) is 0.580. The van der Waals surface area contributed by atoms with Gasteiger partial charge in [-0.25, -0.2) is 9.59 Å². The summed E-state index contributed by atoms with van der Waals surface area (Å²) < 4.78 is 0. The number of rotatable bonds is 2. The van der Waals surface area contributed by atoms with Crippen molar-refractivity contribution in [3.63, 3.8) is 0 Å². The van der Waals surface area contributed by atoms with Crippen molar-refractivity contribution in [1.29, 1.82) is 0 Å². The molecule has 0 unspecified atom stereocenters. The smallest absolute Gasteiger partial charge is 0.335 e. The summed E-state index contributed by atoms with van der Waals surface area (Å²) in [5, 5.41) is 17.0. The van der Waals surface area contributed by atoms with E-state index in [1.807, 2.05) is 0 Å². The maximum absolute atomic E-state index is 10.4. The summed E-state index contributed by atoms with van der Waals surface area (Å²) in [6.45, 7) is 0. The molecule has 0 saturated carbocycles. The van der Waals surface area contributed by atoms with E-state index in [0.29, 0.717) is 0 Å². The maximum atomic E-state index is 10.4. The molecule has 98 valence electrons. The number of carboxylic acids is 2. The predicted molar refractivity (Wildman–Crippen MR) is 54.8 cm³/mol. The molecule has 0 radical (unpaired) electrons. The number of carbonyl (C=O) groups is 2. The zero-order valence-corrected chi connectivity index (χ0v) is 10.1. The van der Waals surface area contributed by atoms with E-state index < -0.39 is 11.9 Å². The van der Waals surface area contributed by atoms with Gasteiger partial charge in [-0.05, 0) is 18.2 Å². The number of aromatic carboxylic acids is 2. The van der Waals surface area contributed by atoms with E-state index in [2.05, 4.69) is 0 Å². The van der Waals surface area contributed by atoms with Gasteiger partial charge in [-0.15, -0.1) is 0 Å². The molecule has 0 aliphatic heterocycles. The Balaban J connectivity index is -0.0000000960. The molecule has 0 bridgehead atoms. The average molecular weight is 286 g/mol. The maximum Gasteiger partial charge on any atom is 0.335 e. The van der Waals surface area contributed by atoms with E-state index >= 15 is 0 Å². The van der Waals surface area contributed by atoms with Gasteiger partial charge in [-0.3, -0.25) is 0 Å². The molecule has 17 heavy (non-hydrogen) atoms. The molecule has 0 atom stereocenters. The van der Waals surface area contributed by atoms with Crippen LogP contribution >= 0.6 is 0 Å². The van der Waals surface area contributed by atoms with Crippen molar-refractivity contribution in [1.82, 2.24) is 0 Å². The topological polar surface area (TPSA) is 201 Å². The first-order valence-electron chi connectivity index (χ1n) is 3.18. The van der Waals surface area contributed by atoms with Crippen LogP contribution in [0.15, 0.2) is 24.3 Å². The number of carboxylic acid groups (broad SMARTS) is 2. The summed E-state index contributed by atoms with van der Waals surface area (Å²) in [6.07, 6.45) is 0. The van der Waals surface area contributed by atoms with Crippen LogP contribution in [0.5, 0.6) is 0 Å². The van der Waals surface area contributed by atoms with Crippen molar-refractivity contribution < 1.29 is 63.4 Å². The van der Waals surface area contributed by atoms with Gasteiger partial charge in [0.2, 0.25) is 0 Å². The van der Waals surface area contributed by atoms with Crippen molar-refractivity contribution in [2.75, 3.05) is 0 Å². The van der Waals surface area contributed by atoms with Crippen LogP contribution in [0, 0.1) is 0 Å². The van der Waals surface area contributed by atoms with Gasteiger partial charge in [0, 0.05) is 21.7 Å². The number of hydrogen-bond acceptors (Lipinski definition) is 2. The number of hydrogen-bond donors (Lipinski definition) is 2. The van der Waals surface area contributed by atoms with Crippen LogP contribution in [0.2, 0.25) is 0 Å². The Morgan fingerprint density at radius 1 is 0.824 bits per heavy atom. The van der Waals surface area contributed by atoms with Crippen LogP contribution in [0.25, 0.3) is 0 Å². The third kappa shape index (κ3) is 8.51. The zero-order valence-electron chi connectivity index (χ0n) is 8.52. The van der Waals surface area contributed by atoms with Gasteiger partial charge in [0.05, 0.1) is 11.1 Å². The average Bonchev–Trinajstić information content (AvgIpc) is 2.04. The minimum atomic E-state index is -1.13. The van der Waals surface area contributed by atoms with Gasteiger partial charge >= 0.3 is 11.9 Å².